The second-order valence-corrected chi connectivity index (χ2v) is 5.44. The van der Waals surface area contributed by atoms with Crippen LogP contribution in [0.1, 0.15) is 53.9 Å². The molecule has 0 saturated heterocycles. The van der Waals surface area contributed by atoms with Crippen molar-refractivity contribution in [3.8, 4) is 0 Å². The zero-order chi connectivity index (χ0) is 11.8. The van der Waals surface area contributed by atoms with Crippen LogP contribution in [0.2, 0.25) is 0 Å². The van der Waals surface area contributed by atoms with Crippen molar-refractivity contribution in [2.45, 2.75) is 53.9 Å². The lowest BCUT2D eigenvalue weighted by molar-refractivity contribution is -0.115. The first-order chi connectivity index (χ1) is 6.91. The van der Waals surface area contributed by atoms with Gasteiger partial charge >= 0.3 is 0 Å². The predicted octanol–water partition coefficient (Wildman–Crippen LogP) is 4.23. The number of hydrogen-bond acceptors (Lipinski definition) is 1. The van der Waals surface area contributed by atoms with Gasteiger partial charge in [-0.1, -0.05) is 40.7 Å². The fraction of sp³-hybridized carbons (Fsp3) is 0.786. The summed E-state index contributed by atoms with van der Waals surface area (Å²) in [7, 11) is 0. The highest BCUT2D eigenvalue weighted by molar-refractivity contribution is 5.89. The molecule has 0 saturated carbocycles. The van der Waals surface area contributed by atoms with Crippen LogP contribution >= 0.6 is 0 Å². The number of allylic oxidation sites excluding steroid dienone is 2. The van der Waals surface area contributed by atoms with Crippen LogP contribution in [-0.2, 0) is 4.79 Å². The van der Waals surface area contributed by atoms with Gasteiger partial charge in [0.2, 0.25) is 0 Å². The van der Waals surface area contributed by atoms with Crippen molar-refractivity contribution < 1.29 is 4.79 Å². The Morgan fingerprint density at radius 3 is 2.13 bits per heavy atom. The van der Waals surface area contributed by atoms with Crippen molar-refractivity contribution >= 4 is 5.78 Å². The third-order valence-electron chi connectivity index (χ3n) is 2.33. The Labute approximate surface area is 95.0 Å². The van der Waals surface area contributed by atoms with E-state index in [2.05, 4.69) is 34.6 Å². The third kappa shape index (κ3) is 9.71. The van der Waals surface area contributed by atoms with Crippen LogP contribution in [0.25, 0.3) is 0 Å². The van der Waals surface area contributed by atoms with Gasteiger partial charge in [0, 0.05) is 6.42 Å². The maximum atomic E-state index is 11.5. The van der Waals surface area contributed by atoms with E-state index >= 15 is 0 Å². The first-order valence-electron chi connectivity index (χ1n) is 6.11. The molecule has 0 fully saturated rings. The quantitative estimate of drug-likeness (QED) is 0.575. The van der Waals surface area contributed by atoms with Gasteiger partial charge in [-0.05, 0) is 36.7 Å². The molecule has 0 aromatic rings. The van der Waals surface area contributed by atoms with Crippen LogP contribution in [-0.4, -0.2) is 5.78 Å². The largest absolute Gasteiger partial charge is 0.295 e. The van der Waals surface area contributed by atoms with E-state index in [1.54, 1.807) is 6.08 Å². The molecular weight excluding hydrogens is 184 g/mol. The third-order valence-corrected chi connectivity index (χ3v) is 2.33. The molecule has 0 aliphatic heterocycles. The lowest BCUT2D eigenvalue weighted by Gasteiger charge is -2.11. The molecule has 1 atom stereocenters. The molecule has 15 heavy (non-hydrogen) atoms. The molecule has 0 bridgehead atoms. The van der Waals surface area contributed by atoms with Gasteiger partial charge in [0.1, 0.15) is 0 Å². The molecular formula is C14H26O. The van der Waals surface area contributed by atoms with Gasteiger partial charge in [0.05, 0.1) is 0 Å². The fourth-order valence-electron chi connectivity index (χ4n) is 1.77. The average Bonchev–Trinajstić information content (AvgIpc) is 2.00. The van der Waals surface area contributed by atoms with Gasteiger partial charge in [-0.2, -0.15) is 0 Å². The Bertz CT molecular complexity index is 201. The topological polar surface area (TPSA) is 17.1 Å². The molecule has 1 unspecified atom stereocenters. The van der Waals surface area contributed by atoms with Crippen LogP contribution in [0.3, 0.4) is 0 Å². The lowest BCUT2D eigenvalue weighted by atomic mass is 9.94. The molecule has 1 nitrogen and oxygen atoms in total. The summed E-state index contributed by atoms with van der Waals surface area (Å²) in [6.45, 7) is 10.9. The van der Waals surface area contributed by atoms with E-state index in [0.29, 0.717) is 24.2 Å². The van der Waals surface area contributed by atoms with Gasteiger partial charge < -0.3 is 0 Å². The number of hydrogen-bond donors (Lipinski definition) is 0. The van der Waals surface area contributed by atoms with Crippen molar-refractivity contribution in [2.75, 3.05) is 0 Å². The molecule has 0 N–H and O–H groups in total. The van der Waals surface area contributed by atoms with Crippen molar-refractivity contribution in [1.82, 2.24) is 0 Å². The Balaban J connectivity index is 3.77. The van der Waals surface area contributed by atoms with E-state index < -0.39 is 0 Å². The van der Waals surface area contributed by atoms with E-state index in [-0.39, 0.29) is 5.78 Å². The zero-order valence-electron chi connectivity index (χ0n) is 10.9. The van der Waals surface area contributed by atoms with E-state index in [1.165, 1.54) is 0 Å². The minimum atomic E-state index is 0.281. The van der Waals surface area contributed by atoms with Crippen LogP contribution in [0.4, 0.5) is 0 Å². The van der Waals surface area contributed by atoms with Crippen LogP contribution in [0, 0.1) is 17.8 Å². The van der Waals surface area contributed by atoms with Crippen molar-refractivity contribution in [3.63, 3.8) is 0 Å². The van der Waals surface area contributed by atoms with Gasteiger partial charge in [0.15, 0.2) is 5.78 Å². The first kappa shape index (κ1) is 14.4. The number of ketones is 1. The van der Waals surface area contributed by atoms with Crippen LogP contribution in [0.5, 0.6) is 0 Å². The maximum Gasteiger partial charge on any atom is 0.155 e. The average molecular weight is 210 g/mol. The molecule has 0 aliphatic carbocycles. The van der Waals surface area contributed by atoms with Gasteiger partial charge in [-0.3, -0.25) is 4.79 Å². The molecule has 0 aromatic heterocycles. The molecule has 0 aliphatic rings. The summed E-state index contributed by atoms with van der Waals surface area (Å²) >= 11 is 0. The van der Waals surface area contributed by atoms with E-state index in [0.717, 1.165) is 12.8 Å². The highest BCUT2D eigenvalue weighted by atomic mass is 16.1. The number of rotatable bonds is 7. The molecule has 0 radical (unpaired) electrons. The lowest BCUT2D eigenvalue weighted by Crippen LogP contribution is -2.05. The predicted molar refractivity (Wildman–Crippen MR) is 66.8 cm³/mol. The van der Waals surface area contributed by atoms with Gasteiger partial charge in [-0.15, -0.1) is 0 Å². The Morgan fingerprint density at radius 2 is 1.67 bits per heavy atom. The Hall–Kier alpha value is -0.590. The summed E-state index contributed by atoms with van der Waals surface area (Å²) in [5, 5.41) is 0. The fourth-order valence-corrected chi connectivity index (χ4v) is 1.77. The second kappa shape index (κ2) is 7.67. The summed E-state index contributed by atoms with van der Waals surface area (Å²) < 4.78 is 0. The molecule has 0 spiro atoms. The summed E-state index contributed by atoms with van der Waals surface area (Å²) in [4.78, 5) is 11.5. The Morgan fingerprint density at radius 1 is 1.07 bits per heavy atom. The second-order valence-electron chi connectivity index (χ2n) is 5.44. The normalized spacial score (nSPS) is 14.1. The smallest absolute Gasteiger partial charge is 0.155 e. The highest BCUT2D eigenvalue weighted by Gasteiger charge is 2.08. The van der Waals surface area contributed by atoms with Crippen molar-refractivity contribution in [2.24, 2.45) is 17.8 Å². The summed E-state index contributed by atoms with van der Waals surface area (Å²) in [5.41, 5.74) is 0. The van der Waals surface area contributed by atoms with Gasteiger partial charge in [0.25, 0.3) is 0 Å². The summed E-state index contributed by atoms with van der Waals surface area (Å²) in [5.74, 6) is 2.12. The van der Waals surface area contributed by atoms with Crippen LogP contribution < -0.4 is 0 Å². The highest BCUT2D eigenvalue weighted by Crippen LogP contribution is 2.15. The van der Waals surface area contributed by atoms with E-state index in [1.807, 2.05) is 6.08 Å². The monoisotopic (exact) mass is 210 g/mol. The molecule has 88 valence electrons. The van der Waals surface area contributed by atoms with E-state index in [9.17, 15) is 4.79 Å². The van der Waals surface area contributed by atoms with Crippen molar-refractivity contribution in [3.05, 3.63) is 12.2 Å². The molecule has 0 aromatic carbocycles. The van der Waals surface area contributed by atoms with E-state index in [4.69, 9.17) is 0 Å². The van der Waals surface area contributed by atoms with Gasteiger partial charge in [-0.25, -0.2) is 0 Å². The standard InChI is InChI=1S/C14H26O/c1-11(2)7-6-8-14(15)10-13(5)9-12(3)4/h6,8,11-13H,7,9-10H2,1-5H3. The number of carbonyl (C=O) groups excluding carboxylic acids is 1. The minimum Gasteiger partial charge on any atom is -0.295 e. The molecule has 0 amide bonds. The van der Waals surface area contributed by atoms with Crippen molar-refractivity contribution in [1.29, 1.82) is 0 Å². The summed E-state index contributed by atoms with van der Waals surface area (Å²) in [6, 6.07) is 0. The molecule has 1 heteroatoms. The minimum absolute atomic E-state index is 0.281. The summed E-state index contributed by atoms with van der Waals surface area (Å²) in [6.07, 6.45) is 6.62. The first-order valence-corrected chi connectivity index (χ1v) is 6.11. The molecule has 0 rings (SSSR count). The molecule has 0 heterocycles. The SMILES string of the molecule is CC(C)CC=CC(=O)CC(C)CC(C)C. The Kier molecular flexibility index (Phi) is 7.37. The number of carbonyl (C=O) groups is 1. The maximum absolute atomic E-state index is 11.5. The zero-order valence-corrected chi connectivity index (χ0v) is 10.9. The van der Waals surface area contributed by atoms with Crippen LogP contribution in [0.15, 0.2) is 12.2 Å².